The van der Waals surface area contributed by atoms with Crippen LogP contribution in [0, 0.1) is 20.8 Å². The van der Waals surface area contributed by atoms with E-state index >= 15 is 0 Å². The van der Waals surface area contributed by atoms with Gasteiger partial charge in [-0.15, -0.1) is 0 Å². The first kappa shape index (κ1) is 13.6. The molecule has 1 aromatic carbocycles. The molecule has 2 unspecified atom stereocenters. The molecule has 1 fully saturated rings. The molecule has 1 heterocycles. The topological polar surface area (TPSA) is 35.2 Å². The van der Waals surface area contributed by atoms with E-state index in [-0.39, 0.29) is 6.04 Å². The molecule has 0 saturated carbocycles. The molecular weight excluding hydrogens is 222 g/mol. The third kappa shape index (κ3) is 3.12. The summed E-state index contributed by atoms with van der Waals surface area (Å²) in [7, 11) is 0. The van der Waals surface area contributed by atoms with Crippen molar-refractivity contribution in [2.45, 2.75) is 58.6 Å². The summed E-state index contributed by atoms with van der Waals surface area (Å²) < 4.78 is 5.66. The zero-order valence-corrected chi connectivity index (χ0v) is 11.8. The second-order valence-electron chi connectivity index (χ2n) is 5.63. The van der Waals surface area contributed by atoms with Crippen molar-refractivity contribution in [2.24, 2.45) is 5.73 Å². The SMILES string of the molecule is Cc1cc(C)c(C(N)CCC2CCCO2)c(C)c1. The lowest BCUT2D eigenvalue weighted by Crippen LogP contribution is -2.16. The molecule has 0 aliphatic carbocycles. The number of aryl methyl sites for hydroxylation is 3. The van der Waals surface area contributed by atoms with Gasteiger partial charge in [-0.3, -0.25) is 0 Å². The summed E-state index contributed by atoms with van der Waals surface area (Å²) in [6, 6.07) is 4.61. The van der Waals surface area contributed by atoms with Crippen molar-refractivity contribution in [3.63, 3.8) is 0 Å². The van der Waals surface area contributed by atoms with Crippen LogP contribution in [0.2, 0.25) is 0 Å². The number of benzene rings is 1. The van der Waals surface area contributed by atoms with Gasteiger partial charge in [-0.1, -0.05) is 17.7 Å². The Kier molecular flexibility index (Phi) is 4.41. The summed E-state index contributed by atoms with van der Waals surface area (Å²) in [5, 5.41) is 0. The Morgan fingerprint density at radius 2 is 1.94 bits per heavy atom. The molecule has 2 nitrogen and oxygen atoms in total. The molecule has 0 bridgehead atoms. The minimum Gasteiger partial charge on any atom is -0.378 e. The van der Waals surface area contributed by atoms with Crippen LogP contribution in [0.4, 0.5) is 0 Å². The first-order valence-electron chi connectivity index (χ1n) is 7.03. The van der Waals surface area contributed by atoms with Gasteiger partial charge in [0.1, 0.15) is 0 Å². The second kappa shape index (κ2) is 5.85. The number of nitrogens with two attached hydrogens (primary N) is 1. The van der Waals surface area contributed by atoms with Crippen LogP contribution in [0.1, 0.15) is 54.0 Å². The summed E-state index contributed by atoms with van der Waals surface area (Å²) in [5.74, 6) is 0. The molecule has 0 radical (unpaired) electrons. The van der Waals surface area contributed by atoms with Gasteiger partial charge in [0, 0.05) is 12.6 Å². The van der Waals surface area contributed by atoms with Crippen molar-refractivity contribution < 1.29 is 4.74 Å². The molecule has 100 valence electrons. The fourth-order valence-corrected chi connectivity index (χ4v) is 3.16. The van der Waals surface area contributed by atoms with Gasteiger partial charge in [-0.2, -0.15) is 0 Å². The highest BCUT2D eigenvalue weighted by Gasteiger charge is 2.18. The van der Waals surface area contributed by atoms with Crippen LogP contribution in [-0.4, -0.2) is 12.7 Å². The normalized spacial score (nSPS) is 21.2. The molecular formula is C16H25NO. The maximum Gasteiger partial charge on any atom is 0.0576 e. The van der Waals surface area contributed by atoms with E-state index in [1.807, 2.05) is 0 Å². The Hall–Kier alpha value is -0.860. The van der Waals surface area contributed by atoms with Crippen LogP contribution >= 0.6 is 0 Å². The van der Waals surface area contributed by atoms with E-state index in [0.29, 0.717) is 6.10 Å². The summed E-state index contributed by atoms with van der Waals surface area (Å²) in [6.45, 7) is 7.41. The van der Waals surface area contributed by atoms with Crippen molar-refractivity contribution >= 4 is 0 Å². The molecule has 1 aliphatic heterocycles. The first-order chi connectivity index (χ1) is 8.58. The maximum absolute atomic E-state index is 6.37. The molecule has 2 atom stereocenters. The van der Waals surface area contributed by atoms with Crippen molar-refractivity contribution in [1.82, 2.24) is 0 Å². The highest BCUT2D eigenvalue weighted by molar-refractivity contribution is 5.39. The molecule has 0 spiro atoms. The van der Waals surface area contributed by atoms with Crippen molar-refractivity contribution in [3.8, 4) is 0 Å². The van der Waals surface area contributed by atoms with Crippen LogP contribution in [0.25, 0.3) is 0 Å². The molecule has 2 heteroatoms. The van der Waals surface area contributed by atoms with Crippen LogP contribution in [0.3, 0.4) is 0 Å². The summed E-state index contributed by atoms with van der Waals surface area (Å²) in [6.07, 6.45) is 4.98. The van der Waals surface area contributed by atoms with Crippen LogP contribution in [0.15, 0.2) is 12.1 Å². The van der Waals surface area contributed by atoms with Crippen LogP contribution in [0.5, 0.6) is 0 Å². The smallest absolute Gasteiger partial charge is 0.0576 e. The van der Waals surface area contributed by atoms with Gasteiger partial charge in [0.25, 0.3) is 0 Å². The molecule has 2 N–H and O–H groups in total. The van der Waals surface area contributed by atoms with Gasteiger partial charge in [-0.25, -0.2) is 0 Å². The maximum atomic E-state index is 6.37. The van der Waals surface area contributed by atoms with Crippen LogP contribution < -0.4 is 5.73 Å². The van der Waals surface area contributed by atoms with Gasteiger partial charge >= 0.3 is 0 Å². The zero-order valence-electron chi connectivity index (χ0n) is 11.8. The molecule has 18 heavy (non-hydrogen) atoms. The fraction of sp³-hybridized carbons (Fsp3) is 0.625. The van der Waals surface area contributed by atoms with E-state index in [0.717, 1.165) is 19.4 Å². The van der Waals surface area contributed by atoms with Crippen molar-refractivity contribution in [3.05, 3.63) is 34.4 Å². The Bertz CT molecular complexity index is 385. The Labute approximate surface area is 111 Å². The monoisotopic (exact) mass is 247 g/mol. The van der Waals surface area contributed by atoms with E-state index < -0.39 is 0 Å². The third-order valence-electron chi connectivity index (χ3n) is 3.93. The lowest BCUT2D eigenvalue weighted by Gasteiger charge is -2.20. The predicted octanol–water partition coefficient (Wildman–Crippen LogP) is 3.57. The number of hydrogen-bond donors (Lipinski definition) is 1. The number of ether oxygens (including phenoxy) is 1. The Morgan fingerprint density at radius 1 is 1.28 bits per heavy atom. The van der Waals surface area contributed by atoms with Gasteiger partial charge in [0.15, 0.2) is 0 Å². The predicted molar refractivity (Wildman–Crippen MR) is 75.8 cm³/mol. The van der Waals surface area contributed by atoms with E-state index in [2.05, 4.69) is 32.9 Å². The minimum atomic E-state index is 0.148. The lowest BCUT2D eigenvalue weighted by molar-refractivity contribution is 0.101. The largest absolute Gasteiger partial charge is 0.378 e. The van der Waals surface area contributed by atoms with Crippen molar-refractivity contribution in [2.75, 3.05) is 6.61 Å². The molecule has 0 amide bonds. The number of rotatable bonds is 4. The molecule has 2 rings (SSSR count). The molecule has 1 saturated heterocycles. The Morgan fingerprint density at radius 3 is 2.50 bits per heavy atom. The highest BCUT2D eigenvalue weighted by Crippen LogP contribution is 2.27. The highest BCUT2D eigenvalue weighted by atomic mass is 16.5. The lowest BCUT2D eigenvalue weighted by atomic mass is 9.91. The summed E-state index contributed by atoms with van der Waals surface area (Å²) in [5.41, 5.74) is 11.7. The molecule has 1 aromatic rings. The quantitative estimate of drug-likeness (QED) is 0.882. The van der Waals surface area contributed by atoms with Gasteiger partial charge in [0.05, 0.1) is 6.10 Å². The Balaban J connectivity index is 2.01. The van der Waals surface area contributed by atoms with Gasteiger partial charge in [-0.05, 0) is 63.1 Å². The third-order valence-corrected chi connectivity index (χ3v) is 3.93. The first-order valence-corrected chi connectivity index (χ1v) is 7.03. The van der Waals surface area contributed by atoms with E-state index in [1.165, 1.54) is 35.1 Å². The van der Waals surface area contributed by atoms with Gasteiger partial charge < -0.3 is 10.5 Å². The second-order valence-corrected chi connectivity index (χ2v) is 5.63. The minimum absolute atomic E-state index is 0.148. The average Bonchev–Trinajstić information content (AvgIpc) is 2.77. The average molecular weight is 247 g/mol. The summed E-state index contributed by atoms with van der Waals surface area (Å²) in [4.78, 5) is 0. The van der Waals surface area contributed by atoms with E-state index in [4.69, 9.17) is 10.5 Å². The number of hydrogen-bond acceptors (Lipinski definition) is 2. The molecule has 0 aromatic heterocycles. The zero-order chi connectivity index (χ0) is 13.1. The summed E-state index contributed by atoms with van der Waals surface area (Å²) >= 11 is 0. The molecule has 1 aliphatic rings. The van der Waals surface area contributed by atoms with Gasteiger partial charge in [0.2, 0.25) is 0 Å². The van der Waals surface area contributed by atoms with Crippen LogP contribution in [-0.2, 0) is 4.74 Å². The fourth-order valence-electron chi connectivity index (χ4n) is 3.16. The standard InChI is InChI=1S/C16H25NO/c1-11-9-12(2)16(13(3)10-11)15(17)7-6-14-5-4-8-18-14/h9-10,14-15H,4-8,17H2,1-3H3. The van der Waals surface area contributed by atoms with Crippen molar-refractivity contribution in [1.29, 1.82) is 0 Å². The van der Waals surface area contributed by atoms with E-state index in [1.54, 1.807) is 0 Å². The van der Waals surface area contributed by atoms with E-state index in [9.17, 15) is 0 Å².